The zero-order valence-electron chi connectivity index (χ0n) is 8.90. The molecule has 2 bridgehead atoms. The van der Waals surface area contributed by atoms with Gasteiger partial charge in [-0.25, -0.2) is 0 Å². The summed E-state index contributed by atoms with van der Waals surface area (Å²) >= 11 is 0. The van der Waals surface area contributed by atoms with Crippen LogP contribution >= 0.6 is 0 Å². The summed E-state index contributed by atoms with van der Waals surface area (Å²) in [6.45, 7) is 2.18. The minimum absolute atomic E-state index is 0.561. The summed E-state index contributed by atoms with van der Waals surface area (Å²) < 4.78 is 0. The van der Waals surface area contributed by atoms with Gasteiger partial charge in [-0.1, -0.05) is 42.5 Å². The highest BCUT2D eigenvalue weighted by molar-refractivity contribution is 5.75. The van der Waals surface area contributed by atoms with Crippen LogP contribution < -0.4 is 5.32 Å². The van der Waals surface area contributed by atoms with E-state index in [0.29, 0.717) is 12.1 Å². The molecule has 0 amide bonds. The van der Waals surface area contributed by atoms with Gasteiger partial charge in [0.2, 0.25) is 0 Å². The molecule has 76 valence electrons. The molecule has 0 aromatic heterocycles. The van der Waals surface area contributed by atoms with Gasteiger partial charge in [0, 0.05) is 12.1 Å². The van der Waals surface area contributed by atoms with E-state index in [0.717, 1.165) is 0 Å². The van der Waals surface area contributed by atoms with Crippen LogP contribution in [-0.4, -0.2) is 12.1 Å². The van der Waals surface area contributed by atoms with E-state index in [-0.39, 0.29) is 0 Å². The largest absolute Gasteiger partial charge is 0.304 e. The highest BCUT2D eigenvalue weighted by Crippen LogP contribution is 2.31. The number of fused-ring (bicyclic) bond motifs is 1. The molecule has 0 spiro atoms. The zero-order valence-corrected chi connectivity index (χ0v) is 8.90. The Bertz CT molecular complexity index is 436. The second-order valence-corrected chi connectivity index (χ2v) is 4.38. The topological polar surface area (TPSA) is 12.0 Å². The lowest BCUT2D eigenvalue weighted by atomic mass is 9.87. The van der Waals surface area contributed by atoms with Crippen molar-refractivity contribution in [1.82, 2.24) is 5.32 Å². The maximum atomic E-state index is 3.56. The van der Waals surface area contributed by atoms with Crippen molar-refractivity contribution in [2.45, 2.75) is 25.4 Å². The molecule has 2 atom stereocenters. The Morgan fingerprint density at radius 1 is 1.27 bits per heavy atom. The molecular formula is C14H15N. The van der Waals surface area contributed by atoms with Gasteiger partial charge in [0.15, 0.2) is 0 Å². The molecule has 1 fully saturated rings. The quantitative estimate of drug-likeness (QED) is 0.730. The van der Waals surface area contributed by atoms with Gasteiger partial charge in [0.05, 0.1) is 0 Å². The van der Waals surface area contributed by atoms with Gasteiger partial charge >= 0.3 is 0 Å². The normalized spacial score (nSPS) is 27.9. The van der Waals surface area contributed by atoms with Crippen molar-refractivity contribution < 1.29 is 0 Å². The minimum atomic E-state index is 0.561. The molecule has 1 aliphatic carbocycles. The highest BCUT2D eigenvalue weighted by atomic mass is 15.0. The summed E-state index contributed by atoms with van der Waals surface area (Å²) in [7, 11) is 0. The zero-order chi connectivity index (χ0) is 10.3. The predicted octanol–water partition coefficient (Wildman–Crippen LogP) is 2.68. The summed E-state index contributed by atoms with van der Waals surface area (Å²) in [6.07, 6.45) is 7.94. The third-order valence-corrected chi connectivity index (χ3v) is 3.36. The molecule has 1 heteroatoms. The van der Waals surface area contributed by atoms with Crippen molar-refractivity contribution in [3.63, 3.8) is 0 Å². The Kier molecular flexibility index (Phi) is 2.00. The van der Waals surface area contributed by atoms with E-state index < -0.39 is 0 Å². The van der Waals surface area contributed by atoms with E-state index in [2.05, 4.69) is 54.7 Å². The maximum absolute atomic E-state index is 3.56. The molecule has 3 aliphatic rings. The van der Waals surface area contributed by atoms with E-state index in [1.54, 1.807) is 0 Å². The molecular weight excluding hydrogens is 182 g/mol. The Hall–Kier alpha value is -1.34. The van der Waals surface area contributed by atoms with Gasteiger partial charge in [-0.2, -0.15) is 0 Å². The number of allylic oxidation sites excluding steroid dienone is 2. The van der Waals surface area contributed by atoms with Crippen molar-refractivity contribution in [1.29, 1.82) is 0 Å². The standard InChI is InChI=1S/C14H15N/c1-10-5-2-3-7-12(10)13-8-4-6-11-9-14(13)15-11/h2-8,11,14-15H,9H2,1H3. The fraction of sp³-hybridized carbons (Fsp3) is 0.286. The third kappa shape index (κ3) is 1.44. The molecule has 2 heterocycles. The first-order valence-electron chi connectivity index (χ1n) is 5.55. The highest BCUT2D eigenvalue weighted by Gasteiger charge is 2.31. The predicted molar refractivity (Wildman–Crippen MR) is 63.6 cm³/mol. The lowest BCUT2D eigenvalue weighted by Gasteiger charge is -2.36. The smallest absolute Gasteiger partial charge is 0.0349 e. The Morgan fingerprint density at radius 3 is 2.87 bits per heavy atom. The van der Waals surface area contributed by atoms with Crippen LogP contribution in [0, 0.1) is 6.92 Å². The number of nitrogens with one attached hydrogen (secondary N) is 1. The van der Waals surface area contributed by atoms with Crippen LogP contribution in [-0.2, 0) is 0 Å². The van der Waals surface area contributed by atoms with Gasteiger partial charge in [-0.3, -0.25) is 0 Å². The minimum Gasteiger partial charge on any atom is -0.304 e. The molecule has 2 aliphatic heterocycles. The molecule has 15 heavy (non-hydrogen) atoms. The lowest BCUT2D eigenvalue weighted by Crippen LogP contribution is -2.50. The number of rotatable bonds is 1. The SMILES string of the molecule is Cc1ccccc1C1=CC=CC2CC1N2. The van der Waals surface area contributed by atoms with Crippen molar-refractivity contribution in [3.8, 4) is 0 Å². The Morgan fingerprint density at radius 2 is 2.07 bits per heavy atom. The molecule has 1 saturated heterocycles. The van der Waals surface area contributed by atoms with Crippen molar-refractivity contribution >= 4 is 5.57 Å². The van der Waals surface area contributed by atoms with Gasteiger partial charge in [0.25, 0.3) is 0 Å². The fourth-order valence-corrected chi connectivity index (χ4v) is 2.42. The van der Waals surface area contributed by atoms with Crippen molar-refractivity contribution in [2.75, 3.05) is 0 Å². The van der Waals surface area contributed by atoms with E-state index in [1.165, 1.54) is 23.1 Å². The maximum Gasteiger partial charge on any atom is 0.0349 e. The second kappa shape index (κ2) is 3.35. The molecule has 0 saturated carbocycles. The number of aryl methyl sites for hydroxylation is 1. The molecule has 2 unspecified atom stereocenters. The van der Waals surface area contributed by atoms with Crippen molar-refractivity contribution in [3.05, 3.63) is 53.6 Å². The molecule has 0 radical (unpaired) electrons. The monoisotopic (exact) mass is 197 g/mol. The molecule has 1 nitrogen and oxygen atoms in total. The van der Waals surface area contributed by atoms with Gasteiger partial charge in [-0.05, 0) is 30.0 Å². The van der Waals surface area contributed by atoms with Crippen LogP contribution in [0.3, 0.4) is 0 Å². The number of hydrogen-bond acceptors (Lipinski definition) is 1. The molecule has 1 aromatic carbocycles. The van der Waals surface area contributed by atoms with Gasteiger partial charge in [0.1, 0.15) is 0 Å². The molecule has 1 N–H and O–H groups in total. The van der Waals surface area contributed by atoms with Gasteiger partial charge < -0.3 is 5.32 Å². The summed E-state index contributed by atoms with van der Waals surface area (Å²) in [5.74, 6) is 0. The van der Waals surface area contributed by atoms with Crippen LogP contribution in [0.2, 0.25) is 0 Å². The first kappa shape index (κ1) is 8.93. The first-order chi connectivity index (χ1) is 7.34. The summed E-state index contributed by atoms with van der Waals surface area (Å²) in [5, 5.41) is 3.56. The van der Waals surface area contributed by atoms with Gasteiger partial charge in [-0.15, -0.1) is 0 Å². The van der Waals surface area contributed by atoms with E-state index in [9.17, 15) is 0 Å². The molecule has 4 rings (SSSR count). The first-order valence-corrected chi connectivity index (χ1v) is 5.55. The van der Waals surface area contributed by atoms with Crippen LogP contribution in [0.25, 0.3) is 5.57 Å². The van der Waals surface area contributed by atoms with Crippen LogP contribution in [0.1, 0.15) is 17.5 Å². The second-order valence-electron chi connectivity index (χ2n) is 4.38. The molecule has 1 aromatic rings. The van der Waals surface area contributed by atoms with Crippen LogP contribution in [0.4, 0.5) is 0 Å². The van der Waals surface area contributed by atoms with E-state index in [1.807, 2.05) is 0 Å². The Balaban J connectivity index is 2.03. The summed E-state index contributed by atoms with van der Waals surface area (Å²) in [4.78, 5) is 0. The van der Waals surface area contributed by atoms with Crippen LogP contribution in [0.15, 0.2) is 42.5 Å². The van der Waals surface area contributed by atoms with E-state index >= 15 is 0 Å². The number of benzene rings is 1. The summed E-state index contributed by atoms with van der Waals surface area (Å²) in [6, 6.07) is 9.78. The van der Waals surface area contributed by atoms with Crippen LogP contribution in [0.5, 0.6) is 0 Å². The van der Waals surface area contributed by atoms with E-state index in [4.69, 9.17) is 0 Å². The number of hydrogen-bond donors (Lipinski definition) is 1. The van der Waals surface area contributed by atoms with Crippen molar-refractivity contribution in [2.24, 2.45) is 0 Å². The lowest BCUT2D eigenvalue weighted by molar-refractivity contribution is 0.373. The third-order valence-electron chi connectivity index (χ3n) is 3.36. The average molecular weight is 197 g/mol. The fourth-order valence-electron chi connectivity index (χ4n) is 2.42. The average Bonchev–Trinajstić information content (AvgIpc) is 2.49. The summed E-state index contributed by atoms with van der Waals surface area (Å²) in [5.41, 5.74) is 4.20. The Labute approximate surface area is 90.5 Å².